The smallest absolute Gasteiger partial charge is 0.240 e. The molecule has 1 aromatic heterocycles. The average molecular weight is 400 g/mol. The SMILES string of the molecule is CC(=O)N(CCNS(=O)(=O)c1ccc(C)cc1)CCc1c[nH]c2ccccc12. The molecule has 1 amide bonds. The highest BCUT2D eigenvalue weighted by Crippen LogP contribution is 2.18. The number of nitrogens with one attached hydrogen (secondary N) is 2. The average Bonchev–Trinajstić information content (AvgIpc) is 3.08. The zero-order valence-corrected chi connectivity index (χ0v) is 16.9. The Morgan fingerprint density at radius 1 is 1.07 bits per heavy atom. The summed E-state index contributed by atoms with van der Waals surface area (Å²) >= 11 is 0. The molecule has 0 fully saturated rings. The number of aromatic amines is 1. The number of rotatable bonds is 8. The molecular formula is C21H25N3O3S. The maximum Gasteiger partial charge on any atom is 0.240 e. The zero-order chi connectivity index (χ0) is 20.1. The summed E-state index contributed by atoms with van der Waals surface area (Å²) in [7, 11) is -3.58. The van der Waals surface area contributed by atoms with Crippen LogP contribution in [0.15, 0.2) is 59.6 Å². The Bertz CT molecular complexity index is 1060. The van der Waals surface area contributed by atoms with E-state index >= 15 is 0 Å². The van der Waals surface area contributed by atoms with E-state index in [0.717, 1.165) is 22.0 Å². The fourth-order valence-corrected chi connectivity index (χ4v) is 4.16. The van der Waals surface area contributed by atoms with Crippen LogP contribution < -0.4 is 4.72 Å². The molecule has 2 aromatic carbocycles. The molecule has 7 heteroatoms. The number of benzene rings is 2. The van der Waals surface area contributed by atoms with Gasteiger partial charge in [-0.25, -0.2) is 13.1 Å². The van der Waals surface area contributed by atoms with Crippen molar-refractivity contribution >= 4 is 26.8 Å². The van der Waals surface area contributed by atoms with E-state index in [2.05, 4.69) is 15.8 Å². The zero-order valence-electron chi connectivity index (χ0n) is 16.1. The van der Waals surface area contributed by atoms with Gasteiger partial charge in [0, 0.05) is 43.7 Å². The van der Waals surface area contributed by atoms with Crippen molar-refractivity contribution < 1.29 is 13.2 Å². The van der Waals surface area contributed by atoms with Crippen LogP contribution >= 0.6 is 0 Å². The summed E-state index contributed by atoms with van der Waals surface area (Å²) in [5, 5.41) is 1.14. The van der Waals surface area contributed by atoms with Crippen molar-refractivity contribution in [2.75, 3.05) is 19.6 Å². The maximum atomic E-state index is 12.4. The summed E-state index contributed by atoms with van der Waals surface area (Å²) < 4.78 is 27.3. The highest BCUT2D eigenvalue weighted by molar-refractivity contribution is 7.89. The van der Waals surface area contributed by atoms with Crippen LogP contribution in [0, 0.1) is 6.92 Å². The lowest BCUT2D eigenvalue weighted by Gasteiger charge is -2.21. The summed E-state index contributed by atoms with van der Waals surface area (Å²) in [5.74, 6) is -0.0747. The van der Waals surface area contributed by atoms with Crippen LogP contribution in [0.4, 0.5) is 0 Å². The van der Waals surface area contributed by atoms with Crippen molar-refractivity contribution in [3.8, 4) is 0 Å². The summed E-state index contributed by atoms with van der Waals surface area (Å²) in [6.45, 7) is 4.43. The molecule has 28 heavy (non-hydrogen) atoms. The molecule has 0 aliphatic heterocycles. The quantitative estimate of drug-likeness (QED) is 0.611. The second kappa shape index (κ2) is 8.58. The Balaban J connectivity index is 1.57. The Hall–Kier alpha value is -2.64. The first-order chi connectivity index (χ1) is 13.4. The van der Waals surface area contributed by atoms with Gasteiger partial charge in [0.2, 0.25) is 15.9 Å². The van der Waals surface area contributed by atoms with Crippen molar-refractivity contribution in [1.82, 2.24) is 14.6 Å². The fourth-order valence-electron chi connectivity index (χ4n) is 3.14. The number of para-hydroxylation sites is 1. The second-order valence-corrected chi connectivity index (χ2v) is 8.59. The number of hydrogen-bond donors (Lipinski definition) is 2. The van der Waals surface area contributed by atoms with E-state index in [1.54, 1.807) is 29.2 Å². The Morgan fingerprint density at radius 2 is 1.79 bits per heavy atom. The summed E-state index contributed by atoms with van der Waals surface area (Å²) in [6, 6.07) is 14.7. The van der Waals surface area contributed by atoms with Crippen LogP contribution in [0.2, 0.25) is 0 Å². The molecule has 0 aliphatic rings. The molecule has 148 valence electrons. The van der Waals surface area contributed by atoms with Gasteiger partial charge in [0.05, 0.1) is 4.90 Å². The van der Waals surface area contributed by atoms with Crippen molar-refractivity contribution in [2.24, 2.45) is 0 Å². The highest BCUT2D eigenvalue weighted by Gasteiger charge is 2.15. The first-order valence-electron chi connectivity index (χ1n) is 9.23. The molecule has 0 saturated heterocycles. The van der Waals surface area contributed by atoms with E-state index in [-0.39, 0.29) is 17.3 Å². The van der Waals surface area contributed by atoms with E-state index in [1.165, 1.54) is 6.92 Å². The molecule has 0 saturated carbocycles. The van der Waals surface area contributed by atoms with E-state index < -0.39 is 10.0 Å². The first-order valence-corrected chi connectivity index (χ1v) is 10.7. The number of hydrogen-bond acceptors (Lipinski definition) is 3. The number of sulfonamides is 1. The Labute approximate surface area is 165 Å². The van der Waals surface area contributed by atoms with Gasteiger partial charge in [-0.1, -0.05) is 35.9 Å². The van der Waals surface area contributed by atoms with Gasteiger partial charge in [0.25, 0.3) is 0 Å². The third-order valence-corrected chi connectivity index (χ3v) is 6.25. The van der Waals surface area contributed by atoms with Gasteiger partial charge in [0.15, 0.2) is 0 Å². The van der Waals surface area contributed by atoms with Gasteiger partial charge in [-0.05, 0) is 37.1 Å². The molecule has 0 bridgehead atoms. The molecule has 0 radical (unpaired) electrons. The van der Waals surface area contributed by atoms with E-state index in [9.17, 15) is 13.2 Å². The third-order valence-electron chi connectivity index (χ3n) is 4.78. The lowest BCUT2D eigenvalue weighted by atomic mass is 10.1. The van der Waals surface area contributed by atoms with Gasteiger partial charge in [-0.15, -0.1) is 0 Å². The number of carbonyl (C=O) groups excluding carboxylic acids is 1. The van der Waals surface area contributed by atoms with Crippen molar-refractivity contribution in [3.63, 3.8) is 0 Å². The van der Waals surface area contributed by atoms with Crippen LogP contribution in [-0.2, 0) is 21.2 Å². The van der Waals surface area contributed by atoms with Crippen LogP contribution in [0.1, 0.15) is 18.1 Å². The monoisotopic (exact) mass is 399 g/mol. The van der Waals surface area contributed by atoms with Gasteiger partial charge in [-0.3, -0.25) is 4.79 Å². The number of H-pyrrole nitrogens is 1. The second-order valence-electron chi connectivity index (χ2n) is 6.83. The minimum Gasteiger partial charge on any atom is -0.361 e. The molecule has 6 nitrogen and oxygen atoms in total. The largest absolute Gasteiger partial charge is 0.361 e. The predicted octanol–water partition coefficient (Wildman–Crippen LogP) is 2.85. The summed E-state index contributed by atoms with van der Waals surface area (Å²) in [4.78, 5) is 17.1. The van der Waals surface area contributed by atoms with Crippen LogP contribution in [0.25, 0.3) is 10.9 Å². The molecule has 0 spiro atoms. The topological polar surface area (TPSA) is 82.3 Å². The predicted molar refractivity (Wildman–Crippen MR) is 111 cm³/mol. The number of aromatic nitrogens is 1. The molecule has 2 N–H and O–H groups in total. The molecular weight excluding hydrogens is 374 g/mol. The number of nitrogens with zero attached hydrogens (tertiary/aromatic N) is 1. The van der Waals surface area contributed by atoms with E-state index in [4.69, 9.17) is 0 Å². The number of fused-ring (bicyclic) bond motifs is 1. The first kappa shape index (κ1) is 20.1. The van der Waals surface area contributed by atoms with Crippen LogP contribution in [-0.4, -0.2) is 43.8 Å². The van der Waals surface area contributed by atoms with Gasteiger partial charge >= 0.3 is 0 Å². The highest BCUT2D eigenvalue weighted by atomic mass is 32.2. The fraction of sp³-hybridized carbons (Fsp3) is 0.286. The molecule has 0 aliphatic carbocycles. The Kier molecular flexibility index (Phi) is 6.16. The molecule has 1 heterocycles. The van der Waals surface area contributed by atoms with Crippen molar-refractivity contribution in [2.45, 2.75) is 25.2 Å². The number of carbonyl (C=O) groups is 1. The van der Waals surface area contributed by atoms with E-state index in [0.29, 0.717) is 19.5 Å². The number of amides is 1. The third kappa shape index (κ3) is 4.79. The summed E-state index contributed by atoms with van der Waals surface area (Å²) in [5.41, 5.74) is 3.21. The number of aryl methyl sites for hydroxylation is 1. The van der Waals surface area contributed by atoms with Crippen LogP contribution in [0.3, 0.4) is 0 Å². The standard InChI is InChI=1S/C21H25N3O3S/c1-16-7-9-19(10-8-16)28(26,27)23-12-14-24(17(2)25)13-11-18-15-22-21-6-4-3-5-20(18)21/h3-10,15,22-23H,11-14H2,1-2H3. The lowest BCUT2D eigenvalue weighted by Crippen LogP contribution is -2.38. The maximum absolute atomic E-state index is 12.4. The summed E-state index contributed by atoms with van der Waals surface area (Å²) in [6.07, 6.45) is 2.66. The molecule has 0 atom stereocenters. The van der Waals surface area contributed by atoms with Gasteiger partial charge in [-0.2, -0.15) is 0 Å². The minimum atomic E-state index is -3.58. The molecule has 3 aromatic rings. The van der Waals surface area contributed by atoms with E-state index in [1.807, 2.05) is 31.3 Å². The van der Waals surface area contributed by atoms with Crippen LogP contribution in [0.5, 0.6) is 0 Å². The Morgan fingerprint density at radius 3 is 2.50 bits per heavy atom. The van der Waals surface area contributed by atoms with Crippen molar-refractivity contribution in [3.05, 3.63) is 65.9 Å². The van der Waals surface area contributed by atoms with Crippen molar-refractivity contribution in [1.29, 1.82) is 0 Å². The lowest BCUT2D eigenvalue weighted by molar-refractivity contribution is -0.128. The minimum absolute atomic E-state index is 0.0747. The van der Waals surface area contributed by atoms with Gasteiger partial charge in [0.1, 0.15) is 0 Å². The molecule has 0 unspecified atom stereocenters. The van der Waals surface area contributed by atoms with Gasteiger partial charge < -0.3 is 9.88 Å². The normalized spacial score (nSPS) is 11.6. The molecule has 3 rings (SSSR count).